The number of rotatable bonds is 2. The Labute approximate surface area is 51.5 Å². The molecule has 0 saturated carbocycles. The first-order chi connectivity index (χ1) is 3.35. The lowest BCUT2D eigenvalue weighted by atomic mass is 11.0. The molecule has 0 spiro atoms. The Morgan fingerprint density at radius 2 is 1.86 bits per heavy atom. The van der Waals surface area contributed by atoms with Gasteiger partial charge >= 0.3 is 5.95 Å². The number of thiol groups is 2. The van der Waals surface area contributed by atoms with Gasteiger partial charge in [-0.25, -0.2) is 4.79 Å². The van der Waals surface area contributed by atoms with Gasteiger partial charge in [-0.2, -0.15) is 0 Å². The Morgan fingerprint density at radius 3 is 1.86 bits per heavy atom. The molecule has 0 amide bonds. The van der Waals surface area contributed by atoms with E-state index in [0.717, 1.165) is 0 Å². The third-order valence-corrected chi connectivity index (χ3v) is 0.581. The van der Waals surface area contributed by atoms with Gasteiger partial charge in [-0.3, -0.25) is 0 Å². The van der Waals surface area contributed by atoms with Crippen molar-refractivity contribution >= 4 is 31.8 Å². The van der Waals surface area contributed by atoms with Gasteiger partial charge in [-0.05, 0) is 0 Å². The van der Waals surface area contributed by atoms with Crippen molar-refractivity contribution in [3.63, 3.8) is 0 Å². The van der Waals surface area contributed by atoms with Gasteiger partial charge in [-0.15, -0.1) is 0 Å². The van der Waals surface area contributed by atoms with Crippen molar-refractivity contribution in [2.45, 2.75) is 0 Å². The van der Waals surface area contributed by atoms with Gasteiger partial charge in [0.25, 0.3) is 0 Å². The van der Waals surface area contributed by atoms with Crippen LogP contribution in [0.1, 0.15) is 0 Å². The summed E-state index contributed by atoms with van der Waals surface area (Å²) in [4.78, 5) is 9.46. The fraction of sp³-hybridized carbons (Fsp3) is 0. The highest BCUT2D eigenvalue weighted by Gasteiger charge is 1.89. The second-order valence-corrected chi connectivity index (χ2v) is 0.937. The average Bonchev–Trinajstić information content (AvgIpc) is 1.72. The standard InChI is InChI=1S/C2H2O3S2/c3-1-2(4-6)5-7/h6-7H. The third kappa shape index (κ3) is 2.45. The van der Waals surface area contributed by atoms with E-state index in [-0.39, 0.29) is 0 Å². The lowest BCUT2D eigenvalue weighted by Crippen LogP contribution is -1.79. The Hall–Kier alpha value is -0.250. The Balaban J connectivity index is 3.61. The van der Waals surface area contributed by atoms with E-state index in [2.05, 4.69) is 34.2 Å². The highest BCUT2D eigenvalue weighted by Crippen LogP contribution is 1.97. The first-order valence-corrected chi connectivity index (χ1v) is 1.96. The number of hydrogen-bond donors (Lipinski definition) is 2. The lowest BCUT2D eigenvalue weighted by molar-refractivity contribution is 0.297. The van der Waals surface area contributed by atoms with E-state index in [1.807, 2.05) is 0 Å². The molecule has 0 saturated heterocycles. The zero-order valence-corrected chi connectivity index (χ0v) is 4.91. The molecule has 0 N–H and O–H groups in total. The van der Waals surface area contributed by atoms with Gasteiger partial charge < -0.3 is 8.37 Å². The molecular formula is C2H2O3S2. The molecule has 0 fully saturated rings. The smallest absolute Gasteiger partial charge is 0.385 e. The molecule has 0 unspecified atom stereocenters. The lowest BCUT2D eigenvalue weighted by Gasteiger charge is -1.89. The van der Waals surface area contributed by atoms with Gasteiger partial charge in [0.15, 0.2) is 0 Å². The van der Waals surface area contributed by atoms with E-state index >= 15 is 0 Å². The summed E-state index contributed by atoms with van der Waals surface area (Å²) in [6.07, 6.45) is 0. The van der Waals surface area contributed by atoms with Crippen LogP contribution in [0.4, 0.5) is 0 Å². The third-order valence-electron chi connectivity index (χ3n) is 0.249. The molecule has 3 nitrogen and oxygen atoms in total. The predicted octanol–water partition coefficient (Wildman–Crippen LogP) is 0.382. The summed E-state index contributed by atoms with van der Waals surface area (Å²) in [7, 11) is 0. The van der Waals surface area contributed by atoms with Gasteiger partial charge in [0, 0.05) is 25.8 Å². The Morgan fingerprint density at radius 1 is 1.43 bits per heavy atom. The maximum absolute atomic E-state index is 9.46. The molecule has 0 bridgehead atoms. The van der Waals surface area contributed by atoms with Crippen molar-refractivity contribution in [2.24, 2.45) is 0 Å². The van der Waals surface area contributed by atoms with E-state index in [0.29, 0.717) is 0 Å². The first kappa shape index (κ1) is 6.75. The summed E-state index contributed by atoms with van der Waals surface area (Å²) in [6.45, 7) is 0. The molecule has 0 aromatic heterocycles. The molecule has 5 heteroatoms. The van der Waals surface area contributed by atoms with Gasteiger partial charge in [0.1, 0.15) is 0 Å². The summed E-state index contributed by atoms with van der Waals surface area (Å²) in [5.41, 5.74) is 0. The monoisotopic (exact) mass is 138 g/mol. The second-order valence-electron chi connectivity index (χ2n) is 0.572. The fourth-order valence-corrected chi connectivity index (χ4v) is 0.262. The van der Waals surface area contributed by atoms with Crippen molar-refractivity contribution in [2.75, 3.05) is 0 Å². The first-order valence-electron chi connectivity index (χ1n) is 1.23. The highest BCUT2D eigenvalue weighted by molar-refractivity contribution is 7.75. The predicted molar refractivity (Wildman–Crippen MR) is 29.3 cm³/mol. The quantitative estimate of drug-likeness (QED) is 0.251. The molecule has 0 aromatic rings. The van der Waals surface area contributed by atoms with Crippen molar-refractivity contribution in [1.29, 1.82) is 0 Å². The van der Waals surface area contributed by atoms with Crippen LogP contribution in [0.15, 0.2) is 5.95 Å². The Bertz CT molecular complexity index is 89.1. The Kier molecular flexibility index (Phi) is 3.78. The van der Waals surface area contributed by atoms with Crippen LogP contribution < -0.4 is 0 Å². The molecule has 0 aliphatic carbocycles. The molecule has 7 heavy (non-hydrogen) atoms. The second kappa shape index (κ2) is 3.92. The normalized spacial score (nSPS) is 6.57. The van der Waals surface area contributed by atoms with Crippen LogP contribution in [0.25, 0.3) is 0 Å². The molecule has 0 aromatic carbocycles. The topological polar surface area (TPSA) is 35.5 Å². The summed E-state index contributed by atoms with van der Waals surface area (Å²) >= 11 is 6.40. The van der Waals surface area contributed by atoms with Crippen molar-refractivity contribution in [3.8, 4) is 0 Å². The van der Waals surface area contributed by atoms with Crippen LogP contribution in [-0.2, 0) is 13.2 Å². The van der Waals surface area contributed by atoms with Crippen LogP contribution in [0.3, 0.4) is 0 Å². The van der Waals surface area contributed by atoms with E-state index in [1.165, 1.54) is 5.94 Å². The van der Waals surface area contributed by atoms with E-state index in [9.17, 15) is 4.79 Å². The van der Waals surface area contributed by atoms with E-state index in [4.69, 9.17) is 0 Å². The SMILES string of the molecule is O=C=C(OS)OS. The fourth-order valence-electron chi connectivity index (χ4n) is 0.0539. The molecule has 0 atom stereocenters. The molecule has 0 aliphatic heterocycles. The average molecular weight is 138 g/mol. The minimum Gasteiger partial charge on any atom is -0.385 e. The van der Waals surface area contributed by atoms with Gasteiger partial charge in [0.2, 0.25) is 5.94 Å². The molecule has 40 valence electrons. The minimum atomic E-state index is -0.397. The maximum atomic E-state index is 9.46. The summed E-state index contributed by atoms with van der Waals surface area (Å²) in [5.74, 6) is 0.874. The van der Waals surface area contributed by atoms with Crippen molar-refractivity contribution in [3.05, 3.63) is 5.95 Å². The van der Waals surface area contributed by atoms with Crippen molar-refractivity contribution in [1.82, 2.24) is 0 Å². The molecule has 0 heterocycles. The zero-order valence-electron chi connectivity index (χ0n) is 3.12. The summed E-state index contributed by atoms with van der Waals surface area (Å²) in [6, 6.07) is 0. The zero-order chi connectivity index (χ0) is 5.70. The molecule has 0 rings (SSSR count). The van der Waals surface area contributed by atoms with E-state index < -0.39 is 5.95 Å². The van der Waals surface area contributed by atoms with Gasteiger partial charge in [-0.1, -0.05) is 0 Å². The summed E-state index contributed by atoms with van der Waals surface area (Å²) < 4.78 is 7.88. The van der Waals surface area contributed by atoms with E-state index in [1.54, 1.807) is 0 Å². The summed E-state index contributed by atoms with van der Waals surface area (Å²) in [5, 5.41) is 0. The largest absolute Gasteiger partial charge is 0.394 e. The minimum absolute atomic E-state index is 0.397. The number of hydrogen-bond acceptors (Lipinski definition) is 5. The molecule has 0 radical (unpaired) electrons. The highest BCUT2D eigenvalue weighted by atomic mass is 32.1. The van der Waals surface area contributed by atoms with Crippen molar-refractivity contribution < 1.29 is 13.2 Å². The van der Waals surface area contributed by atoms with Crippen LogP contribution >= 0.6 is 25.8 Å². The van der Waals surface area contributed by atoms with Crippen LogP contribution in [0.5, 0.6) is 0 Å². The molecule has 0 aliphatic rings. The maximum Gasteiger partial charge on any atom is 0.394 e. The van der Waals surface area contributed by atoms with Crippen LogP contribution in [0, 0.1) is 0 Å². The van der Waals surface area contributed by atoms with Crippen LogP contribution in [0.2, 0.25) is 0 Å². The van der Waals surface area contributed by atoms with Gasteiger partial charge in [0.05, 0.1) is 0 Å². The molecular weight excluding hydrogens is 136 g/mol. The van der Waals surface area contributed by atoms with Crippen LogP contribution in [-0.4, -0.2) is 5.94 Å². The number of carbonyl (C=O) groups excluding carboxylic acids is 1.